The first-order valence-corrected chi connectivity index (χ1v) is 3.66. The summed E-state index contributed by atoms with van der Waals surface area (Å²) in [7, 11) is 0. The largest absolute Gasteiger partial charge is 0.344 e. The Hall–Kier alpha value is 0.250. The first-order valence-electron chi connectivity index (χ1n) is 3.12. The normalized spacial score (nSPS) is 10.7. The summed E-state index contributed by atoms with van der Waals surface area (Å²) >= 11 is 5.51. The average Bonchev–Trinajstić information content (AvgIpc) is 1.59. The molecule has 1 nitrogen and oxygen atoms in total. The molecule has 0 atom stereocenters. The van der Waals surface area contributed by atoms with Crippen molar-refractivity contribution in [2.75, 3.05) is 5.88 Å². The van der Waals surface area contributed by atoms with Crippen LogP contribution in [-0.2, 0) is 0 Å². The van der Waals surface area contributed by atoms with Crippen molar-refractivity contribution in [3.05, 3.63) is 0 Å². The first kappa shape index (κ1) is 12.0. The fourth-order valence-corrected chi connectivity index (χ4v) is 0.731. The highest BCUT2D eigenvalue weighted by atomic mass is 35.5. The number of rotatable bonds is 2. The van der Waals surface area contributed by atoms with E-state index in [4.69, 9.17) is 11.6 Å². The van der Waals surface area contributed by atoms with Crippen molar-refractivity contribution >= 4 is 11.6 Å². The topological polar surface area (TPSA) is 35.0 Å². The predicted molar refractivity (Wildman–Crippen MR) is 44.4 cm³/mol. The molecular formula is C7H18ClN. The molecule has 2 heteroatoms. The van der Waals surface area contributed by atoms with Crippen molar-refractivity contribution in [2.24, 2.45) is 5.41 Å². The van der Waals surface area contributed by atoms with Crippen LogP contribution in [0.2, 0.25) is 0 Å². The van der Waals surface area contributed by atoms with E-state index in [0.29, 0.717) is 5.41 Å². The zero-order valence-corrected chi connectivity index (χ0v) is 7.46. The molecule has 0 saturated heterocycles. The van der Waals surface area contributed by atoms with E-state index in [1.807, 2.05) is 0 Å². The number of hydrogen-bond donors (Lipinski definition) is 1. The Kier molecular flexibility index (Phi) is 6.74. The third-order valence-corrected chi connectivity index (χ3v) is 1.33. The second-order valence-electron chi connectivity index (χ2n) is 3.35. The molecule has 0 aliphatic rings. The van der Waals surface area contributed by atoms with Gasteiger partial charge in [0.2, 0.25) is 0 Å². The maximum absolute atomic E-state index is 5.51. The number of halogens is 1. The molecule has 0 heterocycles. The van der Waals surface area contributed by atoms with Gasteiger partial charge in [0, 0.05) is 5.88 Å². The Morgan fingerprint density at radius 3 is 1.78 bits per heavy atom. The summed E-state index contributed by atoms with van der Waals surface area (Å²) in [5.41, 5.74) is 0.467. The lowest BCUT2D eigenvalue weighted by molar-refractivity contribution is 0.374. The highest BCUT2D eigenvalue weighted by Crippen LogP contribution is 2.20. The van der Waals surface area contributed by atoms with E-state index in [1.54, 1.807) is 0 Å². The first-order chi connectivity index (χ1) is 3.56. The lowest BCUT2D eigenvalue weighted by atomic mass is 9.91. The Bertz CT molecular complexity index is 56.4. The Morgan fingerprint density at radius 1 is 1.22 bits per heavy atom. The molecule has 0 aromatic carbocycles. The molecule has 0 saturated carbocycles. The van der Waals surface area contributed by atoms with E-state index in [-0.39, 0.29) is 6.15 Å². The van der Waals surface area contributed by atoms with Gasteiger partial charge < -0.3 is 6.15 Å². The monoisotopic (exact) mass is 151 g/mol. The van der Waals surface area contributed by atoms with E-state index < -0.39 is 0 Å². The summed E-state index contributed by atoms with van der Waals surface area (Å²) in [4.78, 5) is 0. The van der Waals surface area contributed by atoms with E-state index in [0.717, 1.165) is 12.3 Å². The van der Waals surface area contributed by atoms with Gasteiger partial charge in [0.15, 0.2) is 0 Å². The summed E-state index contributed by atoms with van der Waals surface area (Å²) in [6.07, 6.45) is 2.38. The Labute approximate surface area is 63.4 Å². The minimum atomic E-state index is 0. The molecule has 0 aromatic rings. The van der Waals surface area contributed by atoms with Crippen LogP contribution in [0, 0.1) is 5.41 Å². The lowest BCUT2D eigenvalue weighted by Crippen LogP contribution is -2.04. The molecule has 0 spiro atoms. The van der Waals surface area contributed by atoms with Gasteiger partial charge in [0.1, 0.15) is 0 Å². The molecule has 0 aliphatic heterocycles. The van der Waals surface area contributed by atoms with Crippen LogP contribution in [0.4, 0.5) is 0 Å². The fraction of sp³-hybridized carbons (Fsp3) is 1.00. The molecule has 0 unspecified atom stereocenters. The zero-order chi connectivity index (χ0) is 6.62. The van der Waals surface area contributed by atoms with Crippen LogP contribution in [0.5, 0.6) is 0 Å². The predicted octanol–water partition coefficient (Wildman–Crippen LogP) is 3.21. The molecule has 0 aliphatic carbocycles. The molecule has 3 N–H and O–H groups in total. The van der Waals surface area contributed by atoms with Gasteiger partial charge in [-0.1, -0.05) is 20.8 Å². The van der Waals surface area contributed by atoms with Crippen LogP contribution in [0.3, 0.4) is 0 Å². The number of alkyl halides is 1. The molecule has 58 valence electrons. The second kappa shape index (κ2) is 5.07. The van der Waals surface area contributed by atoms with Crippen LogP contribution in [0.1, 0.15) is 33.6 Å². The summed E-state index contributed by atoms with van der Waals surface area (Å²) in [5.74, 6) is 0.803. The minimum Gasteiger partial charge on any atom is -0.344 e. The smallest absolute Gasteiger partial charge is 0.0223 e. The van der Waals surface area contributed by atoms with Gasteiger partial charge in [-0.2, -0.15) is 0 Å². The molecule has 0 fully saturated rings. The number of hydrogen-bond acceptors (Lipinski definition) is 1. The molecule has 0 rings (SSSR count). The maximum Gasteiger partial charge on any atom is 0.0223 e. The van der Waals surface area contributed by atoms with Crippen molar-refractivity contribution < 1.29 is 0 Å². The lowest BCUT2D eigenvalue weighted by Gasteiger charge is -2.16. The second-order valence-corrected chi connectivity index (χ2v) is 3.73. The van der Waals surface area contributed by atoms with Gasteiger partial charge in [-0.3, -0.25) is 0 Å². The molecule has 0 radical (unpaired) electrons. The molecule has 0 amide bonds. The van der Waals surface area contributed by atoms with Gasteiger partial charge in [0.05, 0.1) is 0 Å². The van der Waals surface area contributed by atoms with Crippen molar-refractivity contribution in [1.82, 2.24) is 6.15 Å². The van der Waals surface area contributed by atoms with E-state index in [1.165, 1.54) is 6.42 Å². The maximum atomic E-state index is 5.51. The van der Waals surface area contributed by atoms with E-state index in [2.05, 4.69) is 20.8 Å². The summed E-state index contributed by atoms with van der Waals surface area (Å²) in [5, 5.41) is 0. The minimum absolute atomic E-state index is 0. The zero-order valence-electron chi connectivity index (χ0n) is 6.71. The third kappa shape index (κ3) is 11.7. The highest BCUT2D eigenvalue weighted by molar-refractivity contribution is 6.17. The van der Waals surface area contributed by atoms with Crippen molar-refractivity contribution in [1.29, 1.82) is 0 Å². The molecule has 9 heavy (non-hydrogen) atoms. The SMILES string of the molecule is CC(C)(C)CCCCl.N. The van der Waals surface area contributed by atoms with Crippen molar-refractivity contribution in [3.63, 3.8) is 0 Å². The van der Waals surface area contributed by atoms with Crippen LogP contribution >= 0.6 is 11.6 Å². The van der Waals surface area contributed by atoms with Crippen LogP contribution in [0.25, 0.3) is 0 Å². The summed E-state index contributed by atoms with van der Waals surface area (Å²) in [6, 6.07) is 0. The summed E-state index contributed by atoms with van der Waals surface area (Å²) < 4.78 is 0. The van der Waals surface area contributed by atoms with Crippen LogP contribution in [0.15, 0.2) is 0 Å². The average molecular weight is 152 g/mol. The van der Waals surface area contributed by atoms with Crippen LogP contribution < -0.4 is 6.15 Å². The standard InChI is InChI=1S/C7H15Cl.H3N/c1-7(2,3)5-4-6-8;/h4-6H2,1-3H3;1H3. The quantitative estimate of drug-likeness (QED) is 0.605. The Morgan fingerprint density at radius 2 is 1.67 bits per heavy atom. The van der Waals surface area contributed by atoms with Gasteiger partial charge in [-0.05, 0) is 18.3 Å². The molecule has 0 aromatic heterocycles. The third-order valence-electron chi connectivity index (χ3n) is 1.06. The fourth-order valence-electron chi connectivity index (χ4n) is 0.597. The van der Waals surface area contributed by atoms with E-state index >= 15 is 0 Å². The van der Waals surface area contributed by atoms with Crippen LogP contribution in [-0.4, -0.2) is 5.88 Å². The van der Waals surface area contributed by atoms with Gasteiger partial charge in [0.25, 0.3) is 0 Å². The molecule has 0 bridgehead atoms. The molecular weight excluding hydrogens is 134 g/mol. The van der Waals surface area contributed by atoms with E-state index in [9.17, 15) is 0 Å². The summed E-state index contributed by atoms with van der Waals surface area (Å²) in [6.45, 7) is 6.71. The highest BCUT2D eigenvalue weighted by Gasteiger charge is 2.07. The Balaban J connectivity index is 0. The van der Waals surface area contributed by atoms with Crippen molar-refractivity contribution in [3.8, 4) is 0 Å². The van der Waals surface area contributed by atoms with Gasteiger partial charge in [-0.25, -0.2) is 0 Å². The van der Waals surface area contributed by atoms with Gasteiger partial charge in [-0.15, -0.1) is 11.6 Å². The van der Waals surface area contributed by atoms with Crippen molar-refractivity contribution in [2.45, 2.75) is 33.6 Å². The van der Waals surface area contributed by atoms with Gasteiger partial charge >= 0.3 is 0 Å².